The quantitative estimate of drug-likeness (QED) is 0.546. The van der Waals surface area contributed by atoms with Crippen LogP contribution in [0.15, 0.2) is 0 Å². The lowest BCUT2D eigenvalue weighted by Crippen LogP contribution is -2.46. The van der Waals surface area contributed by atoms with Crippen LogP contribution < -0.4 is 5.32 Å². The van der Waals surface area contributed by atoms with E-state index in [2.05, 4.69) is 5.32 Å². The Kier molecular flexibility index (Phi) is 2.07. The summed E-state index contributed by atoms with van der Waals surface area (Å²) in [5.74, 6) is -0.253. The van der Waals surface area contributed by atoms with E-state index in [-0.39, 0.29) is 17.2 Å². The molecule has 2 heterocycles. The van der Waals surface area contributed by atoms with Crippen molar-refractivity contribution in [3.05, 3.63) is 0 Å². The predicted molar refractivity (Wildman–Crippen MR) is 44.9 cm³/mol. The number of nitrogens with one attached hydrogen (secondary N) is 1. The molecule has 0 bridgehead atoms. The van der Waals surface area contributed by atoms with Crippen molar-refractivity contribution < 1.29 is 14.3 Å². The lowest BCUT2D eigenvalue weighted by Gasteiger charge is -2.38. The van der Waals surface area contributed by atoms with Gasteiger partial charge in [-0.2, -0.15) is 0 Å². The summed E-state index contributed by atoms with van der Waals surface area (Å²) >= 11 is 0. The fourth-order valence-electron chi connectivity index (χ4n) is 2.15. The van der Waals surface area contributed by atoms with Crippen LogP contribution >= 0.6 is 0 Å². The summed E-state index contributed by atoms with van der Waals surface area (Å²) in [5.41, 5.74) is -0.0856. The second kappa shape index (κ2) is 3.10. The fourth-order valence-corrected chi connectivity index (χ4v) is 2.15. The van der Waals surface area contributed by atoms with Gasteiger partial charge in [0.2, 0.25) is 11.8 Å². The number of amides is 2. The van der Waals surface area contributed by atoms with Gasteiger partial charge >= 0.3 is 0 Å². The molecule has 2 rings (SSSR count). The van der Waals surface area contributed by atoms with Crippen molar-refractivity contribution in [3.63, 3.8) is 0 Å². The molecule has 0 aromatic heterocycles. The van der Waals surface area contributed by atoms with Gasteiger partial charge in [-0.3, -0.25) is 14.9 Å². The van der Waals surface area contributed by atoms with Crippen molar-refractivity contribution in [1.82, 2.24) is 5.32 Å². The highest BCUT2D eigenvalue weighted by Crippen LogP contribution is 2.39. The van der Waals surface area contributed by atoms with Gasteiger partial charge < -0.3 is 4.74 Å². The van der Waals surface area contributed by atoms with E-state index in [1.54, 1.807) is 0 Å². The zero-order chi connectivity index (χ0) is 9.31. The van der Waals surface area contributed by atoms with E-state index in [0.717, 1.165) is 12.8 Å². The summed E-state index contributed by atoms with van der Waals surface area (Å²) in [6.45, 7) is 1.36. The third kappa shape index (κ3) is 1.72. The number of carbonyl (C=O) groups excluding carboxylic acids is 2. The molecule has 0 atom stereocenters. The van der Waals surface area contributed by atoms with E-state index in [1.165, 1.54) is 0 Å². The first-order chi connectivity index (χ1) is 6.20. The highest BCUT2D eigenvalue weighted by atomic mass is 16.5. The van der Waals surface area contributed by atoms with Crippen molar-refractivity contribution in [2.45, 2.75) is 25.7 Å². The number of carbonyl (C=O) groups is 2. The predicted octanol–water partition coefficient (Wildman–Crippen LogP) is 0.220. The summed E-state index contributed by atoms with van der Waals surface area (Å²) in [5, 5.41) is 2.33. The van der Waals surface area contributed by atoms with Crippen LogP contribution in [0.25, 0.3) is 0 Å². The largest absolute Gasteiger partial charge is 0.381 e. The van der Waals surface area contributed by atoms with Crippen LogP contribution in [-0.2, 0) is 14.3 Å². The number of hydrogen-bond acceptors (Lipinski definition) is 3. The Hall–Kier alpha value is -0.900. The Labute approximate surface area is 76.6 Å². The standard InChI is InChI=1S/C9H13NO3/c11-7-5-9(6-8(12)10-7)1-3-13-4-2-9/h1-6H2,(H,10,11,12). The Balaban J connectivity index is 2.11. The summed E-state index contributed by atoms with van der Waals surface area (Å²) in [7, 11) is 0. The smallest absolute Gasteiger partial charge is 0.227 e. The lowest BCUT2D eigenvalue weighted by atomic mass is 9.72. The van der Waals surface area contributed by atoms with E-state index in [9.17, 15) is 9.59 Å². The van der Waals surface area contributed by atoms with Gasteiger partial charge in [0.05, 0.1) is 0 Å². The highest BCUT2D eigenvalue weighted by molar-refractivity contribution is 5.98. The number of hydrogen-bond donors (Lipinski definition) is 1. The average Bonchev–Trinajstić information content (AvgIpc) is 2.02. The lowest BCUT2D eigenvalue weighted by molar-refractivity contribution is -0.141. The first-order valence-corrected chi connectivity index (χ1v) is 4.61. The Morgan fingerprint density at radius 3 is 2.15 bits per heavy atom. The summed E-state index contributed by atoms with van der Waals surface area (Å²) in [6.07, 6.45) is 2.66. The first-order valence-electron chi connectivity index (χ1n) is 4.61. The molecule has 1 spiro atoms. The van der Waals surface area contributed by atoms with E-state index in [4.69, 9.17) is 4.74 Å². The summed E-state index contributed by atoms with van der Waals surface area (Å²) in [6, 6.07) is 0. The molecule has 72 valence electrons. The second-order valence-corrected chi connectivity index (χ2v) is 3.94. The maximum Gasteiger partial charge on any atom is 0.227 e. The monoisotopic (exact) mass is 183 g/mol. The maximum atomic E-state index is 11.2. The number of rotatable bonds is 0. The zero-order valence-electron chi connectivity index (χ0n) is 7.47. The van der Waals surface area contributed by atoms with Crippen molar-refractivity contribution in [3.8, 4) is 0 Å². The molecule has 2 fully saturated rings. The molecule has 0 saturated carbocycles. The highest BCUT2D eigenvalue weighted by Gasteiger charge is 2.40. The summed E-state index contributed by atoms with van der Waals surface area (Å²) < 4.78 is 5.22. The molecular weight excluding hydrogens is 170 g/mol. The van der Waals surface area contributed by atoms with Gasteiger partial charge in [0.25, 0.3) is 0 Å². The van der Waals surface area contributed by atoms with Crippen LogP contribution in [-0.4, -0.2) is 25.0 Å². The van der Waals surface area contributed by atoms with E-state index in [0.29, 0.717) is 26.1 Å². The normalized spacial score (nSPS) is 27.4. The molecule has 0 aliphatic carbocycles. The zero-order valence-corrected chi connectivity index (χ0v) is 7.47. The second-order valence-electron chi connectivity index (χ2n) is 3.94. The van der Waals surface area contributed by atoms with Gasteiger partial charge in [-0.1, -0.05) is 0 Å². The molecule has 0 aromatic rings. The van der Waals surface area contributed by atoms with Crippen LogP contribution in [0, 0.1) is 5.41 Å². The molecule has 4 heteroatoms. The van der Waals surface area contributed by atoms with Crippen molar-refractivity contribution in [1.29, 1.82) is 0 Å². The van der Waals surface area contributed by atoms with Crippen molar-refractivity contribution in [2.75, 3.05) is 13.2 Å². The minimum Gasteiger partial charge on any atom is -0.381 e. The Bertz CT molecular complexity index is 225. The SMILES string of the molecule is O=C1CC2(CCOCC2)CC(=O)N1. The van der Waals surface area contributed by atoms with Gasteiger partial charge in [-0.15, -0.1) is 0 Å². The molecule has 2 aliphatic heterocycles. The van der Waals surface area contributed by atoms with Gasteiger partial charge in [0.15, 0.2) is 0 Å². The topological polar surface area (TPSA) is 55.4 Å². The third-order valence-corrected chi connectivity index (χ3v) is 2.90. The van der Waals surface area contributed by atoms with Crippen molar-refractivity contribution in [2.24, 2.45) is 5.41 Å². The van der Waals surface area contributed by atoms with Crippen LogP contribution in [0.3, 0.4) is 0 Å². The van der Waals surface area contributed by atoms with Crippen LogP contribution in [0.1, 0.15) is 25.7 Å². The summed E-state index contributed by atoms with van der Waals surface area (Å²) in [4.78, 5) is 22.3. The molecule has 0 radical (unpaired) electrons. The molecule has 1 N–H and O–H groups in total. The van der Waals surface area contributed by atoms with Crippen LogP contribution in [0.5, 0.6) is 0 Å². The molecule has 2 saturated heterocycles. The fraction of sp³-hybridized carbons (Fsp3) is 0.778. The Morgan fingerprint density at radius 1 is 1.08 bits per heavy atom. The Morgan fingerprint density at radius 2 is 1.62 bits per heavy atom. The minimum atomic E-state index is -0.127. The van der Waals surface area contributed by atoms with Gasteiger partial charge in [0, 0.05) is 26.1 Å². The molecule has 4 nitrogen and oxygen atoms in total. The van der Waals surface area contributed by atoms with Crippen LogP contribution in [0.4, 0.5) is 0 Å². The molecule has 2 amide bonds. The average molecular weight is 183 g/mol. The molecule has 13 heavy (non-hydrogen) atoms. The molecule has 0 aromatic carbocycles. The van der Waals surface area contributed by atoms with E-state index < -0.39 is 0 Å². The van der Waals surface area contributed by atoms with Gasteiger partial charge in [-0.05, 0) is 18.3 Å². The van der Waals surface area contributed by atoms with Crippen LogP contribution in [0.2, 0.25) is 0 Å². The third-order valence-electron chi connectivity index (χ3n) is 2.90. The minimum absolute atomic E-state index is 0.0856. The molecular formula is C9H13NO3. The maximum absolute atomic E-state index is 11.2. The number of imide groups is 1. The van der Waals surface area contributed by atoms with Gasteiger partial charge in [0.1, 0.15) is 0 Å². The molecule has 0 unspecified atom stereocenters. The van der Waals surface area contributed by atoms with Gasteiger partial charge in [-0.25, -0.2) is 0 Å². The number of ether oxygens (including phenoxy) is 1. The first kappa shape index (κ1) is 8.69. The van der Waals surface area contributed by atoms with Crippen molar-refractivity contribution >= 4 is 11.8 Å². The van der Waals surface area contributed by atoms with E-state index >= 15 is 0 Å². The van der Waals surface area contributed by atoms with E-state index in [1.807, 2.05) is 0 Å². The number of piperidine rings is 1. The molecule has 2 aliphatic rings.